The fraction of sp³-hybridized carbons (Fsp3) is 0.389. The summed E-state index contributed by atoms with van der Waals surface area (Å²) in [5.41, 5.74) is 7.46. The molecule has 1 aliphatic rings. The Bertz CT molecular complexity index is 958. The van der Waals surface area contributed by atoms with Crippen LogP contribution in [-0.4, -0.2) is 39.7 Å². The molecular formula is C18H21IN6OS. The first-order valence-electron chi connectivity index (χ1n) is 8.84. The molecule has 0 bridgehead atoms. The number of fused-ring (bicyclic) bond motifs is 1. The quantitative estimate of drug-likeness (QED) is 0.366. The third-order valence-electron chi connectivity index (χ3n) is 4.51. The van der Waals surface area contributed by atoms with Gasteiger partial charge in [0.15, 0.2) is 22.1 Å². The molecule has 0 spiro atoms. The van der Waals surface area contributed by atoms with Crippen LogP contribution < -0.4 is 15.8 Å². The van der Waals surface area contributed by atoms with Crippen LogP contribution in [0.4, 0.5) is 5.82 Å². The molecule has 0 saturated heterocycles. The molecule has 3 N–H and O–H groups in total. The number of aromatic nitrogens is 4. The van der Waals surface area contributed by atoms with Gasteiger partial charge in [0.05, 0.1) is 7.11 Å². The molecule has 0 unspecified atom stereocenters. The maximum absolute atomic E-state index is 6.04. The topological polar surface area (TPSA) is 90.9 Å². The van der Waals surface area contributed by atoms with Crippen LogP contribution in [0.25, 0.3) is 11.2 Å². The molecule has 0 radical (unpaired) electrons. The molecule has 4 rings (SSSR count). The normalized spacial score (nSPS) is 14.0. The summed E-state index contributed by atoms with van der Waals surface area (Å²) < 4.78 is 8.63. The van der Waals surface area contributed by atoms with Gasteiger partial charge in [0.2, 0.25) is 0 Å². The SMILES string of the molecule is COc1ccc(I)c(Sc2nc3c(N)ncnc3n2CCNCC2CC2)c1. The molecule has 3 aromatic rings. The van der Waals surface area contributed by atoms with Crippen molar-refractivity contribution < 1.29 is 4.74 Å². The van der Waals surface area contributed by atoms with Gasteiger partial charge < -0.3 is 20.4 Å². The summed E-state index contributed by atoms with van der Waals surface area (Å²) in [6.07, 6.45) is 4.19. The number of nitrogens with two attached hydrogens (primary N) is 1. The standard InChI is InChI=1S/C18H21IN6OS/c1-26-12-4-5-13(19)14(8-12)27-18-24-15-16(20)22-10-23-17(15)25(18)7-6-21-9-11-2-3-11/h4-5,8,10-11,21H,2-3,6-7,9H2,1H3,(H2,20,22,23). The largest absolute Gasteiger partial charge is 0.497 e. The Morgan fingerprint density at radius 1 is 1.37 bits per heavy atom. The molecule has 1 aliphatic carbocycles. The second kappa shape index (κ2) is 8.19. The van der Waals surface area contributed by atoms with Crippen LogP contribution in [0.2, 0.25) is 0 Å². The van der Waals surface area contributed by atoms with Gasteiger partial charge in [0, 0.05) is 21.6 Å². The zero-order valence-electron chi connectivity index (χ0n) is 15.0. The molecule has 0 aliphatic heterocycles. The van der Waals surface area contributed by atoms with Crippen LogP contribution in [0.15, 0.2) is 34.6 Å². The van der Waals surface area contributed by atoms with Gasteiger partial charge in [-0.25, -0.2) is 15.0 Å². The number of anilines is 1. The monoisotopic (exact) mass is 496 g/mol. The minimum atomic E-state index is 0.409. The molecule has 142 valence electrons. The molecular weight excluding hydrogens is 475 g/mol. The summed E-state index contributed by atoms with van der Waals surface area (Å²) in [5.74, 6) is 2.09. The van der Waals surface area contributed by atoms with Crippen LogP contribution in [0.1, 0.15) is 12.8 Å². The molecule has 2 aromatic heterocycles. The lowest BCUT2D eigenvalue weighted by molar-refractivity contribution is 0.413. The van der Waals surface area contributed by atoms with Crippen molar-refractivity contribution in [3.05, 3.63) is 28.1 Å². The van der Waals surface area contributed by atoms with Gasteiger partial charge in [-0.15, -0.1) is 0 Å². The number of nitrogens with one attached hydrogen (secondary N) is 1. The van der Waals surface area contributed by atoms with Gasteiger partial charge in [0.1, 0.15) is 12.1 Å². The van der Waals surface area contributed by atoms with Gasteiger partial charge in [-0.05, 0) is 66.1 Å². The Morgan fingerprint density at radius 3 is 3.00 bits per heavy atom. The van der Waals surface area contributed by atoms with E-state index in [0.717, 1.165) is 50.6 Å². The number of nitrogen functional groups attached to an aromatic ring is 1. The van der Waals surface area contributed by atoms with E-state index in [4.69, 9.17) is 15.5 Å². The zero-order valence-corrected chi connectivity index (χ0v) is 18.0. The van der Waals surface area contributed by atoms with Crippen molar-refractivity contribution >= 4 is 51.3 Å². The van der Waals surface area contributed by atoms with E-state index in [-0.39, 0.29) is 0 Å². The molecule has 7 nitrogen and oxygen atoms in total. The minimum absolute atomic E-state index is 0.409. The summed E-state index contributed by atoms with van der Waals surface area (Å²) in [6.45, 7) is 2.73. The van der Waals surface area contributed by atoms with Crippen molar-refractivity contribution in [2.45, 2.75) is 29.4 Å². The second-order valence-corrected chi connectivity index (χ2v) is 8.69. The predicted molar refractivity (Wildman–Crippen MR) is 115 cm³/mol. The van der Waals surface area contributed by atoms with Crippen LogP contribution in [-0.2, 0) is 6.54 Å². The highest BCUT2D eigenvalue weighted by molar-refractivity contribution is 14.1. The highest BCUT2D eigenvalue weighted by atomic mass is 127. The first kappa shape index (κ1) is 18.8. The van der Waals surface area contributed by atoms with Gasteiger partial charge in [-0.3, -0.25) is 0 Å². The molecule has 1 saturated carbocycles. The third-order valence-corrected chi connectivity index (χ3v) is 6.87. The van der Waals surface area contributed by atoms with Crippen molar-refractivity contribution in [3.63, 3.8) is 0 Å². The number of hydrogen-bond donors (Lipinski definition) is 2. The number of ether oxygens (including phenoxy) is 1. The molecule has 1 fully saturated rings. The molecule has 2 heterocycles. The number of imidazole rings is 1. The van der Waals surface area contributed by atoms with Crippen molar-refractivity contribution in [2.75, 3.05) is 25.9 Å². The van der Waals surface area contributed by atoms with Crippen molar-refractivity contribution in [2.24, 2.45) is 5.92 Å². The smallest absolute Gasteiger partial charge is 0.175 e. The van der Waals surface area contributed by atoms with Crippen molar-refractivity contribution in [1.82, 2.24) is 24.8 Å². The first-order chi connectivity index (χ1) is 13.2. The molecule has 0 atom stereocenters. The summed E-state index contributed by atoms with van der Waals surface area (Å²) in [4.78, 5) is 14.3. The van der Waals surface area contributed by atoms with Crippen molar-refractivity contribution in [3.8, 4) is 5.75 Å². The average Bonchev–Trinajstić information content (AvgIpc) is 3.43. The molecule has 9 heteroatoms. The fourth-order valence-electron chi connectivity index (χ4n) is 2.82. The Hall–Kier alpha value is -1.59. The number of benzene rings is 1. The summed E-state index contributed by atoms with van der Waals surface area (Å²) in [7, 11) is 1.67. The zero-order chi connectivity index (χ0) is 18.8. The highest BCUT2D eigenvalue weighted by Gasteiger charge is 2.21. The van der Waals surface area contributed by atoms with E-state index in [2.05, 4.69) is 42.4 Å². The maximum Gasteiger partial charge on any atom is 0.175 e. The van der Waals surface area contributed by atoms with E-state index < -0.39 is 0 Å². The molecule has 27 heavy (non-hydrogen) atoms. The lowest BCUT2D eigenvalue weighted by atomic mass is 10.3. The average molecular weight is 496 g/mol. The fourth-order valence-corrected chi connectivity index (χ4v) is 4.45. The Morgan fingerprint density at radius 2 is 2.22 bits per heavy atom. The van der Waals surface area contributed by atoms with Crippen molar-refractivity contribution in [1.29, 1.82) is 0 Å². The van der Waals surface area contributed by atoms with E-state index in [1.165, 1.54) is 19.2 Å². The van der Waals surface area contributed by atoms with Crippen LogP contribution in [0.5, 0.6) is 5.75 Å². The van der Waals surface area contributed by atoms with Gasteiger partial charge in [-0.2, -0.15) is 0 Å². The summed E-state index contributed by atoms with van der Waals surface area (Å²) in [6, 6.07) is 6.02. The summed E-state index contributed by atoms with van der Waals surface area (Å²) in [5, 5.41) is 4.39. The van der Waals surface area contributed by atoms with E-state index in [1.807, 2.05) is 18.2 Å². The first-order valence-corrected chi connectivity index (χ1v) is 10.7. The number of rotatable bonds is 8. The lowest BCUT2D eigenvalue weighted by Gasteiger charge is -2.10. The Kier molecular flexibility index (Phi) is 5.69. The van der Waals surface area contributed by atoms with Gasteiger partial charge in [-0.1, -0.05) is 11.8 Å². The lowest BCUT2D eigenvalue weighted by Crippen LogP contribution is -2.22. The highest BCUT2D eigenvalue weighted by Crippen LogP contribution is 2.35. The molecule has 0 amide bonds. The van der Waals surface area contributed by atoms with E-state index in [1.54, 1.807) is 18.9 Å². The second-order valence-electron chi connectivity index (χ2n) is 6.52. The van der Waals surface area contributed by atoms with Crippen LogP contribution >= 0.6 is 34.4 Å². The van der Waals surface area contributed by atoms with E-state index in [0.29, 0.717) is 11.3 Å². The Labute approximate surface area is 175 Å². The number of hydrogen-bond acceptors (Lipinski definition) is 7. The van der Waals surface area contributed by atoms with E-state index >= 15 is 0 Å². The number of methoxy groups -OCH3 is 1. The predicted octanol–water partition coefficient (Wildman–Crippen LogP) is 3.17. The third kappa shape index (κ3) is 4.30. The minimum Gasteiger partial charge on any atom is -0.497 e. The van der Waals surface area contributed by atoms with Gasteiger partial charge in [0.25, 0.3) is 0 Å². The van der Waals surface area contributed by atoms with Gasteiger partial charge >= 0.3 is 0 Å². The molecule has 1 aromatic carbocycles. The number of nitrogens with zero attached hydrogens (tertiary/aromatic N) is 4. The van der Waals surface area contributed by atoms with E-state index in [9.17, 15) is 0 Å². The van der Waals surface area contributed by atoms with Crippen LogP contribution in [0.3, 0.4) is 0 Å². The van der Waals surface area contributed by atoms with Crippen LogP contribution in [0, 0.1) is 9.49 Å². The number of halogens is 1. The summed E-state index contributed by atoms with van der Waals surface area (Å²) >= 11 is 3.92. The Balaban J connectivity index is 1.63. The maximum atomic E-state index is 6.04.